The normalized spacial score (nSPS) is 17.0. The molecule has 36 heavy (non-hydrogen) atoms. The zero-order valence-corrected chi connectivity index (χ0v) is 20.4. The number of nitriles is 1. The molecule has 4 rings (SSSR count). The summed E-state index contributed by atoms with van der Waals surface area (Å²) in [7, 11) is 1.48. The number of carbonyl (C=O) groups is 3. The van der Waals surface area contributed by atoms with E-state index in [9.17, 15) is 24.8 Å². The fraction of sp³-hybridized carbons (Fsp3) is 0.296. The molecule has 1 aliphatic rings. The van der Waals surface area contributed by atoms with Gasteiger partial charge in [-0.25, -0.2) is 4.98 Å². The molecule has 3 amide bonds. The number of aryl methyl sites for hydroxylation is 2. The van der Waals surface area contributed by atoms with Crippen LogP contribution in [-0.4, -0.2) is 63.8 Å². The van der Waals surface area contributed by atoms with Gasteiger partial charge in [0.15, 0.2) is 0 Å². The Labute approximate surface area is 209 Å². The van der Waals surface area contributed by atoms with Crippen molar-refractivity contribution in [3.8, 4) is 11.8 Å². The molecule has 184 valence electrons. The summed E-state index contributed by atoms with van der Waals surface area (Å²) in [5, 5.41) is 23.6. The lowest BCUT2D eigenvalue weighted by atomic mass is 10.0. The average Bonchev–Trinajstić information content (AvgIpc) is 3.32. The highest BCUT2D eigenvalue weighted by molar-refractivity contribution is 5.99. The molecule has 1 aromatic heterocycles. The Morgan fingerprint density at radius 3 is 2.58 bits per heavy atom. The van der Waals surface area contributed by atoms with Crippen molar-refractivity contribution in [3.05, 3.63) is 65.4 Å². The number of fused-ring (bicyclic) bond motifs is 1. The first-order valence-corrected chi connectivity index (χ1v) is 11.6. The highest BCUT2D eigenvalue weighted by Crippen LogP contribution is 2.30. The Kier molecular flexibility index (Phi) is 6.88. The first-order chi connectivity index (χ1) is 17.2. The predicted molar refractivity (Wildman–Crippen MR) is 134 cm³/mol. The van der Waals surface area contributed by atoms with Crippen LogP contribution in [0.1, 0.15) is 28.0 Å². The molecule has 2 N–H and O–H groups in total. The van der Waals surface area contributed by atoms with Crippen LogP contribution in [0.25, 0.3) is 10.9 Å². The molecule has 0 saturated carbocycles. The highest BCUT2D eigenvalue weighted by Gasteiger charge is 2.39. The third-order valence-corrected chi connectivity index (χ3v) is 6.47. The van der Waals surface area contributed by atoms with Gasteiger partial charge in [-0.1, -0.05) is 30.3 Å². The number of phenols is 1. The number of amides is 3. The summed E-state index contributed by atoms with van der Waals surface area (Å²) in [5.74, 6) is -1.70. The van der Waals surface area contributed by atoms with Crippen molar-refractivity contribution in [2.45, 2.75) is 26.3 Å². The number of benzene rings is 2. The molecule has 9 heteroatoms. The molecule has 2 atom stereocenters. The molecule has 0 spiro atoms. The summed E-state index contributed by atoms with van der Waals surface area (Å²) >= 11 is 0. The standard InChI is InChI=1S/C27H27N5O4/c1-16-11-17(2)25(34)24-21(16)9-10-22(30-24)27(36)31(3)15-23(33)32-14-18(12-20(32)13-28)26(35)29-19-7-5-4-6-8-19/h4-11,18,20,34H,12,14-15H2,1-3H3,(H,29,35). The number of rotatable bonds is 5. The molecule has 1 saturated heterocycles. The lowest BCUT2D eigenvalue weighted by Crippen LogP contribution is -2.43. The number of aromatic hydroxyl groups is 1. The summed E-state index contributed by atoms with van der Waals surface area (Å²) in [6.45, 7) is 3.48. The van der Waals surface area contributed by atoms with Crippen LogP contribution >= 0.6 is 0 Å². The number of pyridine rings is 1. The first-order valence-electron chi connectivity index (χ1n) is 11.6. The number of nitrogens with zero attached hydrogens (tertiary/aromatic N) is 4. The van der Waals surface area contributed by atoms with Gasteiger partial charge in [-0.05, 0) is 49.6 Å². The van der Waals surface area contributed by atoms with Gasteiger partial charge in [0.2, 0.25) is 11.8 Å². The molecular weight excluding hydrogens is 458 g/mol. The van der Waals surface area contributed by atoms with Gasteiger partial charge in [-0.15, -0.1) is 0 Å². The van der Waals surface area contributed by atoms with Crippen LogP contribution in [0.2, 0.25) is 0 Å². The number of para-hydroxylation sites is 1. The molecule has 1 aliphatic heterocycles. The van der Waals surface area contributed by atoms with Crippen LogP contribution < -0.4 is 5.32 Å². The first kappa shape index (κ1) is 24.7. The van der Waals surface area contributed by atoms with Gasteiger partial charge in [-0.2, -0.15) is 5.26 Å². The highest BCUT2D eigenvalue weighted by atomic mass is 16.3. The number of hydrogen-bond acceptors (Lipinski definition) is 6. The zero-order valence-electron chi connectivity index (χ0n) is 20.4. The second kappa shape index (κ2) is 10.0. The van der Waals surface area contributed by atoms with Crippen LogP contribution in [0.4, 0.5) is 5.69 Å². The molecule has 9 nitrogen and oxygen atoms in total. The van der Waals surface area contributed by atoms with Crippen molar-refractivity contribution < 1.29 is 19.5 Å². The molecule has 0 aliphatic carbocycles. The maximum atomic E-state index is 13.0. The topological polar surface area (TPSA) is 127 Å². The third kappa shape index (κ3) is 4.84. The van der Waals surface area contributed by atoms with Crippen LogP contribution in [0, 0.1) is 31.1 Å². The molecule has 2 heterocycles. The van der Waals surface area contributed by atoms with E-state index in [0.29, 0.717) is 16.8 Å². The SMILES string of the molecule is Cc1cc(C)c2ccc(C(=O)N(C)CC(=O)N3CC(C(=O)Nc4ccccc4)CC3C#N)nc2c1O. The van der Waals surface area contributed by atoms with Gasteiger partial charge in [0.05, 0.1) is 18.5 Å². The van der Waals surface area contributed by atoms with Crippen molar-refractivity contribution in [2.75, 3.05) is 25.5 Å². The molecule has 1 fully saturated rings. The molecular formula is C27H27N5O4. The van der Waals surface area contributed by atoms with Crippen molar-refractivity contribution in [3.63, 3.8) is 0 Å². The Morgan fingerprint density at radius 2 is 1.89 bits per heavy atom. The van der Waals surface area contributed by atoms with Crippen LogP contribution in [0.3, 0.4) is 0 Å². The minimum absolute atomic E-state index is 0.0118. The van der Waals surface area contributed by atoms with Crippen molar-refractivity contribution in [2.24, 2.45) is 5.92 Å². The summed E-state index contributed by atoms with van der Waals surface area (Å²) in [6, 6.07) is 15.5. The van der Waals surface area contributed by atoms with Gasteiger partial charge in [-0.3, -0.25) is 14.4 Å². The molecule has 3 aromatic rings. The number of anilines is 1. The van der Waals surface area contributed by atoms with E-state index in [1.54, 1.807) is 43.3 Å². The molecule has 0 bridgehead atoms. The zero-order chi connectivity index (χ0) is 26.0. The second-order valence-electron chi connectivity index (χ2n) is 9.09. The number of phenolic OH excluding ortho intramolecular Hbond substituents is 1. The number of carbonyl (C=O) groups excluding carboxylic acids is 3. The van der Waals surface area contributed by atoms with E-state index in [0.717, 1.165) is 10.9 Å². The smallest absolute Gasteiger partial charge is 0.272 e. The van der Waals surface area contributed by atoms with E-state index in [2.05, 4.69) is 16.4 Å². The van der Waals surface area contributed by atoms with E-state index >= 15 is 0 Å². The maximum Gasteiger partial charge on any atom is 0.272 e. The van der Waals surface area contributed by atoms with E-state index in [1.165, 1.54) is 16.8 Å². The van der Waals surface area contributed by atoms with Crippen LogP contribution in [0.15, 0.2) is 48.5 Å². The second-order valence-corrected chi connectivity index (χ2v) is 9.09. The lowest BCUT2D eigenvalue weighted by molar-refractivity contribution is -0.131. The Hall–Kier alpha value is -4.45. The lowest BCUT2D eigenvalue weighted by Gasteiger charge is -2.23. The predicted octanol–water partition coefficient (Wildman–Crippen LogP) is 3.01. The molecule has 2 unspecified atom stereocenters. The number of hydrogen-bond donors (Lipinski definition) is 2. The monoisotopic (exact) mass is 485 g/mol. The van der Waals surface area contributed by atoms with Crippen molar-refractivity contribution >= 4 is 34.3 Å². The summed E-state index contributed by atoms with van der Waals surface area (Å²) in [6.07, 6.45) is 0.225. The summed E-state index contributed by atoms with van der Waals surface area (Å²) in [4.78, 5) is 45.7. The summed E-state index contributed by atoms with van der Waals surface area (Å²) in [5.41, 5.74) is 2.65. The van der Waals surface area contributed by atoms with Crippen LogP contribution in [0.5, 0.6) is 5.75 Å². The van der Waals surface area contributed by atoms with E-state index in [-0.39, 0.29) is 36.9 Å². The van der Waals surface area contributed by atoms with Gasteiger partial charge in [0.25, 0.3) is 5.91 Å². The van der Waals surface area contributed by atoms with Gasteiger partial charge < -0.3 is 20.2 Å². The fourth-order valence-corrected chi connectivity index (χ4v) is 4.49. The van der Waals surface area contributed by atoms with Gasteiger partial charge >= 0.3 is 0 Å². The van der Waals surface area contributed by atoms with Gasteiger partial charge in [0, 0.05) is 24.7 Å². The third-order valence-electron chi connectivity index (χ3n) is 6.47. The minimum atomic E-state index is -0.755. The van der Waals surface area contributed by atoms with Crippen LogP contribution in [-0.2, 0) is 9.59 Å². The Bertz CT molecular complexity index is 1380. The molecule has 0 radical (unpaired) electrons. The minimum Gasteiger partial charge on any atom is -0.505 e. The van der Waals surface area contributed by atoms with Gasteiger partial charge in [0.1, 0.15) is 23.0 Å². The molecule has 2 aromatic carbocycles. The number of likely N-dealkylation sites (N-methyl/N-ethyl adjacent to an activating group) is 1. The fourth-order valence-electron chi connectivity index (χ4n) is 4.49. The Morgan fingerprint density at radius 1 is 1.17 bits per heavy atom. The number of aromatic nitrogens is 1. The van der Waals surface area contributed by atoms with E-state index in [4.69, 9.17) is 0 Å². The number of likely N-dealkylation sites (tertiary alicyclic amines) is 1. The largest absolute Gasteiger partial charge is 0.505 e. The summed E-state index contributed by atoms with van der Waals surface area (Å²) < 4.78 is 0. The van der Waals surface area contributed by atoms with Crippen molar-refractivity contribution in [1.82, 2.24) is 14.8 Å². The van der Waals surface area contributed by atoms with E-state index in [1.807, 2.05) is 19.1 Å². The maximum absolute atomic E-state index is 13.0. The van der Waals surface area contributed by atoms with Crippen molar-refractivity contribution in [1.29, 1.82) is 5.26 Å². The quantitative estimate of drug-likeness (QED) is 0.572. The Balaban J connectivity index is 1.45. The van der Waals surface area contributed by atoms with E-state index < -0.39 is 23.8 Å². The number of nitrogens with one attached hydrogen (secondary N) is 1. The average molecular weight is 486 g/mol.